The van der Waals surface area contributed by atoms with Crippen LogP contribution in [0.25, 0.3) is 0 Å². The molecule has 2 rings (SSSR count). The monoisotopic (exact) mass is 358 g/mol. The number of rotatable bonds is 7. The summed E-state index contributed by atoms with van der Waals surface area (Å²) in [7, 11) is 2.27. The fourth-order valence-electron chi connectivity index (χ4n) is 3.45. The number of thiophene rings is 1. The molecule has 1 aromatic heterocycles. The lowest BCUT2D eigenvalue weighted by atomic mass is 9.73. The zero-order chi connectivity index (χ0) is 14.4. The predicted molar refractivity (Wildman–Crippen MR) is 92.4 cm³/mol. The van der Waals surface area contributed by atoms with Crippen LogP contribution in [0.1, 0.15) is 44.6 Å². The molecule has 0 spiro atoms. The Balaban J connectivity index is 1.92. The Bertz CT molecular complexity index is 399. The lowest BCUT2D eigenvalue weighted by Crippen LogP contribution is -2.44. The summed E-state index contributed by atoms with van der Waals surface area (Å²) in [4.78, 5) is 2.51. The van der Waals surface area contributed by atoms with Crippen molar-refractivity contribution in [1.29, 1.82) is 0 Å². The van der Waals surface area contributed by atoms with E-state index in [1.807, 2.05) is 0 Å². The minimum atomic E-state index is 0.496. The fraction of sp³-hybridized carbons (Fsp3) is 0.750. The highest BCUT2D eigenvalue weighted by Gasteiger charge is 2.32. The summed E-state index contributed by atoms with van der Waals surface area (Å²) in [6.45, 7) is 6.76. The van der Waals surface area contributed by atoms with E-state index in [1.165, 1.54) is 54.5 Å². The molecule has 0 radical (unpaired) electrons. The predicted octanol–water partition coefficient (Wildman–Crippen LogP) is 4.50. The summed E-state index contributed by atoms with van der Waals surface area (Å²) in [6, 6.07) is 2.25. The average molecular weight is 359 g/mol. The van der Waals surface area contributed by atoms with E-state index in [9.17, 15) is 0 Å². The zero-order valence-electron chi connectivity index (χ0n) is 12.8. The lowest BCUT2D eigenvalue weighted by Gasteiger charge is -2.40. The highest BCUT2D eigenvalue weighted by Crippen LogP contribution is 2.36. The number of nitrogens with one attached hydrogen (secondary N) is 1. The molecule has 1 saturated carbocycles. The van der Waals surface area contributed by atoms with Crippen molar-refractivity contribution in [1.82, 2.24) is 10.2 Å². The van der Waals surface area contributed by atoms with Crippen LogP contribution in [0.2, 0.25) is 0 Å². The first-order valence-electron chi connectivity index (χ1n) is 7.76. The summed E-state index contributed by atoms with van der Waals surface area (Å²) >= 11 is 5.34. The van der Waals surface area contributed by atoms with Crippen LogP contribution in [0.3, 0.4) is 0 Å². The summed E-state index contributed by atoms with van der Waals surface area (Å²) in [5, 5.41) is 5.86. The SMILES string of the molecule is CCNCC1(CN(C)Cc2csc(Br)c2)CCCCC1. The molecule has 0 atom stereocenters. The van der Waals surface area contributed by atoms with Crippen molar-refractivity contribution in [2.45, 2.75) is 45.6 Å². The quantitative estimate of drug-likeness (QED) is 0.771. The Hall–Kier alpha value is 0.100. The molecule has 0 saturated heterocycles. The maximum absolute atomic E-state index is 3.60. The summed E-state index contributed by atoms with van der Waals surface area (Å²) in [6.07, 6.45) is 7.01. The van der Waals surface area contributed by atoms with Crippen molar-refractivity contribution in [3.05, 3.63) is 20.8 Å². The van der Waals surface area contributed by atoms with Gasteiger partial charge >= 0.3 is 0 Å². The van der Waals surface area contributed by atoms with E-state index in [1.54, 1.807) is 11.3 Å². The van der Waals surface area contributed by atoms with Gasteiger partial charge in [-0.2, -0.15) is 0 Å². The van der Waals surface area contributed by atoms with Gasteiger partial charge in [-0.1, -0.05) is 26.2 Å². The van der Waals surface area contributed by atoms with Crippen LogP contribution in [0.5, 0.6) is 0 Å². The van der Waals surface area contributed by atoms with Crippen LogP contribution < -0.4 is 5.32 Å². The highest BCUT2D eigenvalue weighted by atomic mass is 79.9. The van der Waals surface area contributed by atoms with Crippen LogP contribution in [0, 0.1) is 5.41 Å². The van der Waals surface area contributed by atoms with Gasteiger partial charge in [-0.15, -0.1) is 11.3 Å². The zero-order valence-corrected chi connectivity index (χ0v) is 15.2. The molecular formula is C16H27BrN2S. The lowest BCUT2D eigenvalue weighted by molar-refractivity contribution is 0.114. The van der Waals surface area contributed by atoms with Crippen molar-refractivity contribution in [3.8, 4) is 0 Å². The van der Waals surface area contributed by atoms with Crippen molar-refractivity contribution < 1.29 is 0 Å². The van der Waals surface area contributed by atoms with Gasteiger partial charge < -0.3 is 10.2 Å². The van der Waals surface area contributed by atoms with E-state index in [4.69, 9.17) is 0 Å². The Kier molecular flexibility index (Phi) is 6.53. The molecule has 0 aliphatic heterocycles. The van der Waals surface area contributed by atoms with Gasteiger partial charge in [0, 0.05) is 19.6 Å². The minimum absolute atomic E-state index is 0.496. The first kappa shape index (κ1) is 16.5. The van der Waals surface area contributed by atoms with E-state index in [0.717, 1.165) is 13.1 Å². The first-order chi connectivity index (χ1) is 9.63. The molecule has 1 aliphatic carbocycles. The number of hydrogen-bond donors (Lipinski definition) is 1. The van der Waals surface area contributed by atoms with Gasteiger partial charge in [0.15, 0.2) is 0 Å². The van der Waals surface area contributed by atoms with Gasteiger partial charge in [0.1, 0.15) is 0 Å². The maximum Gasteiger partial charge on any atom is 0.0701 e. The van der Waals surface area contributed by atoms with Crippen LogP contribution >= 0.6 is 27.3 Å². The van der Waals surface area contributed by atoms with Gasteiger partial charge in [-0.3, -0.25) is 0 Å². The third kappa shape index (κ3) is 4.83. The average Bonchev–Trinajstić information content (AvgIpc) is 2.82. The Morgan fingerprint density at radius 2 is 2.10 bits per heavy atom. The van der Waals surface area contributed by atoms with Crippen LogP contribution in [0.4, 0.5) is 0 Å². The van der Waals surface area contributed by atoms with Gasteiger partial charge in [-0.05, 0) is 64.8 Å². The molecule has 1 N–H and O–H groups in total. The largest absolute Gasteiger partial charge is 0.316 e. The maximum atomic E-state index is 3.60. The highest BCUT2D eigenvalue weighted by molar-refractivity contribution is 9.11. The second-order valence-corrected chi connectivity index (χ2v) is 8.56. The van der Waals surface area contributed by atoms with E-state index >= 15 is 0 Å². The van der Waals surface area contributed by atoms with Crippen molar-refractivity contribution in [2.75, 3.05) is 26.7 Å². The number of hydrogen-bond acceptors (Lipinski definition) is 3. The summed E-state index contributed by atoms with van der Waals surface area (Å²) in [5.41, 5.74) is 1.93. The van der Waals surface area contributed by atoms with E-state index in [2.05, 4.69) is 51.6 Å². The molecule has 1 heterocycles. The van der Waals surface area contributed by atoms with Crippen molar-refractivity contribution in [3.63, 3.8) is 0 Å². The summed E-state index contributed by atoms with van der Waals surface area (Å²) in [5.74, 6) is 0. The van der Waals surface area contributed by atoms with Gasteiger partial charge in [0.05, 0.1) is 3.79 Å². The number of halogens is 1. The minimum Gasteiger partial charge on any atom is -0.316 e. The van der Waals surface area contributed by atoms with Crippen LogP contribution in [-0.2, 0) is 6.54 Å². The van der Waals surface area contributed by atoms with Crippen LogP contribution in [-0.4, -0.2) is 31.6 Å². The second-order valence-electron chi connectivity index (χ2n) is 6.27. The molecule has 0 unspecified atom stereocenters. The van der Waals surface area contributed by atoms with E-state index < -0.39 is 0 Å². The van der Waals surface area contributed by atoms with Crippen molar-refractivity contribution in [2.24, 2.45) is 5.41 Å². The van der Waals surface area contributed by atoms with Gasteiger partial charge in [-0.25, -0.2) is 0 Å². The first-order valence-corrected chi connectivity index (χ1v) is 9.43. The molecule has 1 fully saturated rings. The normalized spacial score (nSPS) is 18.6. The molecule has 2 nitrogen and oxygen atoms in total. The second kappa shape index (κ2) is 7.92. The molecule has 1 aromatic rings. The Morgan fingerprint density at radius 3 is 2.70 bits per heavy atom. The Morgan fingerprint density at radius 1 is 1.35 bits per heavy atom. The molecular weight excluding hydrogens is 332 g/mol. The summed E-state index contributed by atoms with van der Waals surface area (Å²) < 4.78 is 1.24. The molecule has 20 heavy (non-hydrogen) atoms. The van der Waals surface area contributed by atoms with Gasteiger partial charge in [0.25, 0.3) is 0 Å². The van der Waals surface area contributed by atoms with E-state index in [0.29, 0.717) is 5.41 Å². The molecule has 1 aliphatic rings. The van der Waals surface area contributed by atoms with Crippen molar-refractivity contribution >= 4 is 27.3 Å². The van der Waals surface area contributed by atoms with Gasteiger partial charge in [0.2, 0.25) is 0 Å². The molecule has 4 heteroatoms. The molecule has 0 amide bonds. The molecule has 0 aromatic carbocycles. The standard InChI is InChI=1S/C16H27BrN2S/c1-3-18-12-16(7-5-4-6-8-16)13-19(2)10-14-9-15(17)20-11-14/h9,11,18H,3-8,10,12-13H2,1-2H3. The molecule has 114 valence electrons. The third-order valence-electron chi connectivity index (χ3n) is 4.34. The third-order valence-corrected chi connectivity index (χ3v) is 5.90. The van der Waals surface area contributed by atoms with Crippen LogP contribution in [0.15, 0.2) is 15.2 Å². The fourth-order valence-corrected chi connectivity index (χ4v) is 4.65. The molecule has 0 bridgehead atoms. The topological polar surface area (TPSA) is 15.3 Å². The Labute approximate surface area is 136 Å². The smallest absolute Gasteiger partial charge is 0.0701 e. The number of nitrogens with zero attached hydrogens (tertiary/aromatic N) is 1. The van der Waals surface area contributed by atoms with E-state index in [-0.39, 0.29) is 0 Å².